The normalized spacial score (nSPS) is 12.5. The average molecular weight is 759 g/mol. The summed E-state index contributed by atoms with van der Waals surface area (Å²) in [6.07, 6.45) is 43.8. The number of ether oxygens (including phenoxy) is 2. The van der Waals surface area contributed by atoms with Gasteiger partial charge in [0.05, 0.1) is 6.61 Å². The molecule has 2 N–H and O–H groups in total. The van der Waals surface area contributed by atoms with E-state index >= 15 is 0 Å². The zero-order valence-electron chi connectivity index (χ0n) is 34.0. The molecule has 308 valence electrons. The summed E-state index contributed by atoms with van der Waals surface area (Å²) in [6.45, 7) is 3.68. The summed E-state index contributed by atoms with van der Waals surface area (Å²) in [6, 6.07) is 0. The zero-order valence-corrected chi connectivity index (χ0v) is 34.9. The maximum Gasteiger partial charge on any atom is 0.469 e. The van der Waals surface area contributed by atoms with Gasteiger partial charge in [-0.3, -0.25) is 14.1 Å². The summed E-state index contributed by atoms with van der Waals surface area (Å²) in [5.41, 5.74) is 0. The number of phosphoric ester groups is 1. The Hall–Kier alpha value is -1.21. The molecule has 0 spiro atoms. The number of unbranched alkanes of at least 4 members (excludes halogenated alkanes) is 29. The van der Waals surface area contributed by atoms with Gasteiger partial charge >= 0.3 is 19.8 Å². The van der Waals surface area contributed by atoms with Crippen LogP contribution in [-0.2, 0) is 28.2 Å². The van der Waals surface area contributed by atoms with E-state index in [9.17, 15) is 14.2 Å². The van der Waals surface area contributed by atoms with Crippen LogP contribution in [0.4, 0.5) is 0 Å². The van der Waals surface area contributed by atoms with Gasteiger partial charge in [-0.15, -0.1) is 0 Å². The molecule has 0 radical (unpaired) electrons. The van der Waals surface area contributed by atoms with E-state index in [1.165, 1.54) is 141 Å². The molecule has 0 rings (SSSR count). The van der Waals surface area contributed by atoms with Crippen LogP contribution in [0.15, 0.2) is 12.2 Å². The largest absolute Gasteiger partial charge is 0.469 e. The fraction of sp³-hybridized carbons (Fsp3) is 0.907. The highest BCUT2D eigenvalue weighted by atomic mass is 31.2. The van der Waals surface area contributed by atoms with Gasteiger partial charge in [0.1, 0.15) is 6.61 Å². The van der Waals surface area contributed by atoms with Crippen LogP contribution in [0.25, 0.3) is 0 Å². The van der Waals surface area contributed by atoms with Crippen molar-refractivity contribution >= 4 is 19.8 Å². The lowest BCUT2D eigenvalue weighted by Crippen LogP contribution is -2.29. The van der Waals surface area contributed by atoms with Crippen LogP contribution in [0.5, 0.6) is 0 Å². The van der Waals surface area contributed by atoms with Crippen LogP contribution < -0.4 is 0 Å². The Kier molecular flexibility index (Phi) is 38.6. The van der Waals surface area contributed by atoms with Crippen molar-refractivity contribution in [2.24, 2.45) is 0 Å². The molecule has 0 aromatic carbocycles. The summed E-state index contributed by atoms with van der Waals surface area (Å²) in [5, 5.41) is 0. The summed E-state index contributed by atoms with van der Waals surface area (Å²) >= 11 is 0. The number of hydrogen-bond donors (Lipinski definition) is 2. The molecular weight excluding hydrogens is 675 g/mol. The fourth-order valence-electron chi connectivity index (χ4n) is 6.49. The molecule has 0 aromatic rings. The van der Waals surface area contributed by atoms with Crippen molar-refractivity contribution in [3.63, 3.8) is 0 Å². The van der Waals surface area contributed by atoms with Crippen molar-refractivity contribution in [1.82, 2.24) is 0 Å². The Morgan fingerprint density at radius 2 is 0.808 bits per heavy atom. The molecule has 0 fully saturated rings. The van der Waals surface area contributed by atoms with Crippen LogP contribution >= 0.6 is 7.82 Å². The maximum atomic E-state index is 12.4. The molecule has 0 aliphatic rings. The monoisotopic (exact) mass is 759 g/mol. The molecule has 8 nitrogen and oxygen atoms in total. The number of esters is 2. The second-order valence-corrected chi connectivity index (χ2v) is 16.3. The summed E-state index contributed by atoms with van der Waals surface area (Å²) < 4.78 is 26.4. The summed E-state index contributed by atoms with van der Waals surface area (Å²) in [7, 11) is -4.75. The number of phosphoric acid groups is 1. The minimum Gasteiger partial charge on any atom is -0.462 e. The number of allylic oxidation sites excluding steroid dienone is 2. The van der Waals surface area contributed by atoms with E-state index in [-0.39, 0.29) is 19.4 Å². The third-order valence-electron chi connectivity index (χ3n) is 9.78. The molecule has 0 amide bonds. The lowest BCUT2D eigenvalue weighted by atomic mass is 10.0. The molecule has 0 aromatic heterocycles. The first-order valence-electron chi connectivity index (χ1n) is 22.0. The number of rotatable bonds is 41. The van der Waals surface area contributed by atoms with E-state index in [0.717, 1.165) is 57.8 Å². The number of carbonyl (C=O) groups excluding carboxylic acids is 2. The molecule has 9 heteroatoms. The van der Waals surface area contributed by atoms with Gasteiger partial charge in [0.25, 0.3) is 0 Å². The molecule has 52 heavy (non-hydrogen) atoms. The van der Waals surface area contributed by atoms with Gasteiger partial charge in [-0.05, 0) is 38.5 Å². The van der Waals surface area contributed by atoms with Crippen LogP contribution in [0.1, 0.15) is 232 Å². The van der Waals surface area contributed by atoms with Crippen molar-refractivity contribution in [2.75, 3.05) is 13.2 Å². The molecule has 0 heterocycles. The van der Waals surface area contributed by atoms with Gasteiger partial charge in [-0.2, -0.15) is 0 Å². The second-order valence-electron chi connectivity index (χ2n) is 15.0. The lowest BCUT2D eigenvalue weighted by Gasteiger charge is -2.18. The third kappa shape index (κ3) is 41.5. The minimum atomic E-state index is -4.75. The van der Waals surface area contributed by atoms with Crippen molar-refractivity contribution < 1.29 is 37.9 Å². The fourth-order valence-corrected chi connectivity index (χ4v) is 6.85. The standard InChI is InChI=1S/C43H83O8P/c1-3-5-7-9-11-13-15-17-18-19-20-21-22-23-24-25-26-28-29-31-33-35-37-42(44)49-39-41(40-50-52(46,47)48)51-43(45)38-36-34-32-30-27-16-14-12-10-8-6-4-2/h12,14,41H,3-11,13,15-40H2,1-2H3,(H2,46,47,48)/b14-12-. The average Bonchev–Trinajstić information content (AvgIpc) is 3.11. The zero-order chi connectivity index (χ0) is 38.2. The van der Waals surface area contributed by atoms with E-state index in [4.69, 9.17) is 19.3 Å². The third-order valence-corrected chi connectivity index (χ3v) is 10.3. The number of hydrogen-bond acceptors (Lipinski definition) is 6. The highest BCUT2D eigenvalue weighted by Gasteiger charge is 2.22. The smallest absolute Gasteiger partial charge is 0.462 e. The van der Waals surface area contributed by atoms with E-state index in [1.54, 1.807) is 0 Å². The molecule has 0 saturated heterocycles. The molecule has 0 bridgehead atoms. The summed E-state index contributed by atoms with van der Waals surface area (Å²) in [5.74, 6) is -0.883. The van der Waals surface area contributed by atoms with E-state index in [0.29, 0.717) is 6.42 Å². The minimum absolute atomic E-state index is 0.206. The van der Waals surface area contributed by atoms with E-state index < -0.39 is 32.5 Å². The molecule has 0 aliphatic heterocycles. The first-order chi connectivity index (χ1) is 25.3. The Bertz CT molecular complexity index is 858. The van der Waals surface area contributed by atoms with Gasteiger partial charge in [0, 0.05) is 12.8 Å². The molecular formula is C43H83O8P. The molecule has 1 unspecified atom stereocenters. The topological polar surface area (TPSA) is 119 Å². The van der Waals surface area contributed by atoms with Gasteiger partial charge in [0.15, 0.2) is 6.10 Å². The molecule has 0 saturated carbocycles. The molecule has 1 atom stereocenters. The number of carbonyl (C=O) groups is 2. The predicted molar refractivity (Wildman–Crippen MR) is 216 cm³/mol. The SMILES string of the molecule is CCCCC/C=C\CCCCCCCC(=O)OC(COC(=O)CCCCCCCCCCCCCCCCCCCCCCCC)COP(=O)(O)O. The lowest BCUT2D eigenvalue weighted by molar-refractivity contribution is -0.161. The summed E-state index contributed by atoms with van der Waals surface area (Å²) in [4.78, 5) is 42.8. The van der Waals surface area contributed by atoms with Crippen LogP contribution in [0.3, 0.4) is 0 Å². The van der Waals surface area contributed by atoms with Gasteiger partial charge in [-0.1, -0.05) is 193 Å². The maximum absolute atomic E-state index is 12.4. The Balaban J connectivity index is 3.79. The van der Waals surface area contributed by atoms with Gasteiger partial charge in [0.2, 0.25) is 0 Å². The first kappa shape index (κ1) is 50.8. The quantitative estimate of drug-likeness (QED) is 0.0274. The second kappa shape index (κ2) is 39.5. The molecule has 0 aliphatic carbocycles. The Morgan fingerprint density at radius 3 is 1.21 bits per heavy atom. The van der Waals surface area contributed by atoms with Crippen LogP contribution in [0.2, 0.25) is 0 Å². The van der Waals surface area contributed by atoms with Crippen molar-refractivity contribution in [2.45, 2.75) is 238 Å². The Morgan fingerprint density at radius 1 is 0.481 bits per heavy atom. The van der Waals surface area contributed by atoms with Crippen molar-refractivity contribution in [3.8, 4) is 0 Å². The van der Waals surface area contributed by atoms with Gasteiger partial charge in [-0.25, -0.2) is 4.57 Å². The van der Waals surface area contributed by atoms with E-state index in [2.05, 4.69) is 30.5 Å². The Labute approximate surface area is 320 Å². The van der Waals surface area contributed by atoms with Gasteiger partial charge < -0.3 is 19.3 Å². The predicted octanol–water partition coefficient (Wildman–Crippen LogP) is 13.4. The van der Waals surface area contributed by atoms with Crippen LogP contribution in [0, 0.1) is 0 Å². The van der Waals surface area contributed by atoms with Crippen LogP contribution in [-0.4, -0.2) is 41.0 Å². The van der Waals surface area contributed by atoms with Crippen molar-refractivity contribution in [3.05, 3.63) is 12.2 Å². The first-order valence-corrected chi connectivity index (χ1v) is 23.5. The highest BCUT2D eigenvalue weighted by molar-refractivity contribution is 7.46. The van der Waals surface area contributed by atoms with Crippen molar-refractivity contribution in [1.29, 1.82) is 0 Å². The highest BCUT2D eigenvalue weighted by Crippen LogP contribution is 2.36. The van der Waals surface area contributed by atoms with E-state index in [1.807, 2.05) is 0 Å².